The topological polar surface area (TPSA) is 15.3 Å². The first kappa shape index (κ1) is 13.5. The number of halogens is 1. The number of nitrogens with zero attached hydrogens (tertiary/aromatic N) is 1. The molecule has 0 aliphatic carbocycles. The van der Waals surface area contributed by atoms with Crippen LogP contribution in [0.2, 0.25) is 0 Å². The van der Waals surface area contributed by atoms with Gasteiger partial charge in [-0.3, -0.25) is 4.90 Å². The smallest absolute Gasteiger partial charge is 0.127 e. The van der Waals surface area contributed by atoms with Crippen molar-refractivity contribution in [3.05, 3.63) is 35.6 Å². The van der Waals surface area contributed by atoms with Crippen LogP contribution in [0.4, 0.5) is 4.39 Å². The van der Waals surface area contributed by atoms with Crippen molar-refractivity contribution in [2.24, 2.45) is 5.92 Å². The number of piperazine rings is 1. The number of nitrogens with one attached hydrogen (secondary N) is 1. The average Bonchev–Trinajstić information content (AvgIpc) is 2.34. The first-order valence-electron chi connectivity index (χ1n) is 6.78. The van der Waals surface area contributed by atoms with E-state index in [1.807, 2.05) is 12.1 Å². The van der Waals surface area contributed by atoms with Gasteiger partial charge in [0.05, 0.1) is 0 Å². The van der Waals surface area contributed by atoms with Crippen LogP contribution in [-0.4, -0.2) is 30.1 Å². The highest BCUT2D eigenvalue weighted by molar-refractivity contribution is 5.17. The van der Waals surface area contributed by atoms with Crippen molar-refractivity contribution < 1.29 is 4.39 Å². The normalized spacial score (nSPS) is 25.6. The molecule has 0 radical (unpaired) electrons. The summed E-state index contributed by atoms with van der Waals surface area (Å²) < 4.78 is 13.7. The second-order valence-electron chi connectivity index (χ2n) is 5.63. The quantitative estimate of drug-likeness (QED) is 0.887. The van der Waals surface area contributed by atoms with Crippen molar-refractivity contribution in [2.45, 2.75) is 39.4 Å². The second-order valence-corrected chi connectivity index (χ2v) is 5.63. The highest BCUT2D eigenvalue weighted by atomic mass is 19.1. The summed E-state index contributed by atoms with van der Waals surface area (Å²) >= 11 is 0. The van der Waals surface area contributed by atoms with Crippen LogP contribution < -0.4 is 5.32 Å². The fourth-order valence-electron chi connectivity index (χ4n) is 2.46. The van der Waals surface area contributed by atoms with Crippen LogP contribution in [0.3, 0.4) is 0 Å². The van der Waals surface area contributed by atoms with Crippen LogP contribution >= 0.6 is 0 Å². The van der Waals surface area contributed by atoms with Gasteiger partial charge in [0.15, 0.2) is 0 Å². The Labute approximate surface area is 109 Å². The van der Waals surface area contributed by atoms with E-state index < -0.39 is 0 Å². The van der Waals surface area contributed by atoms with Crippen LogP contribution in [0, 0.1) is 11.7 Å². The molecule has 2 atom stereocenters. The molecule has 1 saturated heterocycles. The monoisotopic (exact) mass is 250 g/mol. The fourth-order valence-corrected chi connectivity index (χ4v) is 2.46. The number of benzene rings is 1. The molecule has 1 aliphatic rings. The van der Waals surface area contributed by atoms with Gasteiger partial charge in [0.1, 0.15) is 5.82 Å². The second kappa shape index (κ2) is 5.81. The van der Waals surface area contributed by atoms with Crippen LogP contribution in [0.5, 0.6) is 0 Å². The molecule has 18 heavy (non-hydrogen) atoms. The molecular formula is C15H23FN2. The third kappa shape index (κ3) is 3.09. The Morgan fingerprint density at radius 2 is 2.11 bits per heavy atom. The fraction of sp³-hybridized carbons (Fsp3) is 0.600. The summed E-state index contributed by atoms with van der Waals surface area (Å²) in [6, 6.07) is 8.05. The Kier molecular flexibility index (Phi) is 4.36. The van der Waals surface area contributed by atoms with Crippen LogP contribution in [0.15, 0.2) is 24.3 Å². The predicted octanol–water partition coefficient (Wildman–Crippen LogP) is 2.64. The van der Waals surface area contributed by atoms with Gasteiger partial charge in [-0.2, -0.15) is 0 Å². The van der Waals surface area contributed by atoms with E-state index in [0.717, 1.165) is 18.7 Å². The standard InChI is InChI=1S/C15H23FN2/c1-11(2)15-10-18(12(3)8-17-15)9-13-6-4-5-7-14(13)16/h4-7,11-12,15,17H,8-10H2,1-3H3. The lowest BCUT2D eigenvalue weighted by Crippen LogP contribution is -2.56. The summed E-state index contributed by atoms with van der Waals surface area (Å²) in [6.45, 7) is 9.34. The molecule has 0 amide bonds. The van der Waals surface area contributed by atoms with Gasteiger partial charge in [-0.15, -0.1) is 0 Å². The maximum absolute atomic E-state index is 13.7. The minimum absolute atomic E-state index is 0.0932. The lowest BCUT2D eigenvalue weighted by molar-refractivity contribution is 0.115. The molecule has 2 rings (SSSR count). The molecule has 100 valence electrons. The van der Waals surface area contributed by atoms with E-state index in [-0.39, 0.29) is 5.82 Å². The van der Waals surface area contributed by atoms with Gasteiger partial charge in [-0.25, -0.2) is 4.39 Å². The first-order valence-corrected chi connectivity index (χ1v) is 6.78. The molecule has 2 nitrogen and oxygen atoms in total. The zero-order valence-electron chi connectivity index (χ0n) is 11.5. The van der Waals surface area contributed by atoms with E-state index >= 15 is 0 Å². The zero-order valence-corrected chi connectivity index (χ0v) is 11.5. The summed E-state index contributed by atoms with van der Waals surface area (Å²) in [5.74, 6) is 0.518. The van der Waals surface area contributed by atoms with E-state index in [1.165, 1.54) is 0 Å². The van der Waals surface area contributed by atoms with Gasteiger partial charge in [-0.05, 0) is 18.9 Å². The molecule has 2 unspecified atom stereocenters. The Hall–Kier alpha value is -0.930. The number of hydrogen-bond donors (Lipinski definition) is 1. The van der Waals surface area contributed by atoms with Crippen molar-refractivity contribution in [2.75, 3.05) is 13.1 Å². The van der Waals surface area contributed by atoms with Crippen molar-refractivity contribution in [1.82, 2.24) is 10.2 Å². The minimum Gasteiger partial charge on any atom is -0.311 e. The van der Waals surface area contributed by atoms with Crippen LogP contribution in [0.1, 0.15) is 26.3 Å². The Morgan fingerprint density at radius 1 is 1.39 bits per heavy atom. The van der Waals surface area contributed by atoms with Crippen molar-refractivity contribution >= 4 is 0 Å². The molecule has 1 N–H and O–H groups in total. The predicted molar refractivity (Wildman–Crippen MR) is 72.9 cm³/mol. The summed E-state index contributed by atoms with van der Waals surface area (Å²) in [7, 11) is 0. The summed E-state index contributed by atoms with van der Waals surface area (Å²) in [6.07, 6.45) is 0. The lowest BCUT2D eigenvalue weighted by Gasteiger charge is -2.40. The minimum atomic E-state index is -0.0932. The van der Waals surface area contributed by atoms with Gasteiger partial charge in [0.25, 0.3) is 0 Å². The Balaban J connectivity index is 2.05. The van der Waals surface area contributed by atoms with E-state index in [4.69, 9.17) is 0 Å². The molecule has 0 spiro atoms. The zero-order chi connectivity index (χ0) is 13.1. The van der Waals surface area contributed by atoms with Gasteiger partial charge < -0.3 is 5.32 Å². The average molecular weight is 250 g/mol. The first-order chi connectivity index (χ1) is 8.58. The third-order valence-electron chi connectivity index (χ3n) is 3.87. The maximum atomic E-state index is 13.7. The van der Waals surface area contributed by atoms with Crippen molar-refractivity contribution in [3.8, 4) is 0 Å². The molecular weight excluding hydrogens is 227 g/mol. The number of hydrogen-bond acceptors (Lipinski definition) is 2. The van der Waals surface area contributed by atoms with Crippen molar-refractivity contribution in [1.29, 1.82) is 0 Å². The summed E-state index contributed by atoms with van der Waals surface area (Å²) in [5, 5.41) is 3.56. The van der Waals surface area contributed by atoms with E-state index in [2.05, 4.69) is 31.0 Å². The van der Waals surface area contributed by atoms with Gasteiger partial charge in [-0.1, -0.05) is 32.0 Å². The van der Waals surface area contributed by atoms with E-state index in [0.29, 0.717) is 24.5 Å². The lowest BCUT2D eigenvalue weighted by atomic mass is 9.99. The molecule has 1 aromatic carbocycles. The van der Waals surface area contributed by atoms with E-state index in [1.54, 1.807) is 12.1 Å². The summed E-state index contributed by atoms with van der Waals surface area (Å²) in [5.41, 5.74) is 0.800. The molecule has 0 aromatic heterocycles. The van der Waals surface area contributed by atoms with Gasteiger partial charge in [0.2, 0.25) is 0 Å². The highest BCUT2D eigenvalue weighted by Gasteiger charge is 2.26. The third-order valence-corrected chi connectivity index (χ3v) is 3.87. The molecule has 1 heterocycles. The van der Waals surface area contributed by atoms with Crippen LogP contribution in [0.25, 0.3) is 0 Å². The highest BCUT2D eigenvalue weighted by Crippen LogP contribution is 2.17. The van der Waals surface area contributed by atoms with Gasteiger partial charge >= 0.3 is 0 Å². The summed E-state index contributed by atoms with van der Waals surface area (Å²) in [4.78, 5) is 2.37. The molecule has 1 aliphatic heterocycles. The Morgan fingerprint density at radius 3 is 2.78 bits per heavy atom. The van der Waals surface area contributed by atoms with Crippen LogP contribution in [-0.2, 0) is 6.54 Å². The molecule has 3 heteroatoms. The number of rotatable bonds is 3. The molecule has 1 fully saturated rings. The van der Waals surface area contributed by atoms with Gasteiger partial charge in [0, 0.05) is 37.3 Å². The van der Waals surface area contributed by atoms with Crippen molar-refractivity contribution in [3.63, 3.8) is 0 Å². The van der Waals surface area contributed by atoms with E-state index in [9.17, 15) is 4.39 Å². The molecule has 0 saturated carbocycles. The molecule has 1 aromatic rings. The SMILES string of the molecule is CC(C)C1CN(Cc2ccccc2F)C(C)CN1. The largest absolute Gasteiger partial charge is 0.311 e. The molecule has 0 bridgehead atoms. The Bertz CT molecular complexity index is 392. The maximum Gasteiger partial charge on any atom is 0.127 e.